The van der Waals surface area contributed by atoms with Crippen molar-refractivity contribution in [3.63, 3.8) is 0 Å². The number of nitrogens with two attached hydrogens (primary N) is 1. The molecule has 0 fully saturated rings. The minimum Gasteiger partial charge on any atom is -0.460 e. The molecule has 0 unspecified atom stereocenters. The summed E-state index contributed by atoms with van der Waals surface area (Å²) in [6.45, 7) is 4.08. The third-order valence-electron chi connectivity index (χ3n) is 4.76. The van der Waals surface area contributed by atoms with Gasteiger partial charge in [0, 0.05) is 33.7 Å². The summed E-state index contributed by atoms with van der Waals surface area (Å²) >= 11 is 6.11. The lowest BCUT2D eigenvalue weighted by Crippen LogP contribution is -2.18. The van der Waals surface area contributed by atoms with Crippen LogP contribution in [0.3, 0.4) is 0 Å². The van der Waals surface area contributed by atoms with Crippen molar-refractivity contribution in [1.29, 1.82) is 0 Å². The van der Waals surface area contributed by atoms with Gasteiger partial charge in [-0.3, -0.25) is 9.59 Å². The molecule has 2 aromatic carbocycles. The largest absolute Gasteiger partial charge is 0.460 e. The molecule has 0 saturated heterocycles. The first kappa shape index (κ1) is 20.6. The second-order valence-corrected chi connectivity index (χ2v) is 7.11. The Balaban J connectivity index is 2.22. The molecule has 0 aliphatic heterocycles. The van der Waals surface area contributed by atoms with Gasteiger partial charge in [0.1, 0.15) is 0 Å². The maximum absolute atomic E-state index is 12.7. The third kappa shape index (κ3) is 4.17. The van der Waals surface area contributed by atoms with E-state index in [4.69, 9.17) is 22.1 Å². The Morgan fingerprint density at radius 3 is 2.52 bits per heavy atom. The van der Waals surface area contributed by atoms with Crippen LogP contribution in [-0.4, -0.2) is 28.8 Å². The third-order valence-corrected chi connectivity index (χ3v) is 5.00. The van der Waals surface area contributed by atoms with Gasteiger partial charge in [0.05, 0.1) is 13.0 Å². The molecular weight excluding hydrogens is 392 g/mol. The quantitative estimate of drug-likeness (QED) is 0.365. The standard InChI is InChI=1S/C22H21ClN2O4/c1-3-29-22(28)21(27)16-8-5-9-18-20(16)17(11-19(24)26)13(2)25(18)12-14-6-4-7-15(23)10-14/h4-10H,3,11-12H2,1-2H3,(H2,24,26). The molecule has 0 bridgehead atoms. The van der Waals surface area contributed by atoms with Crippen LogP contribution in [0.1, 0.15) is 34.1 Å². The smallest absolute Gasteiger partial charge is 0.379 e. The number of nitrogens with zero attached hydrogens (tertiary/aromatic N) is 1. The predicted molar refractivity (Wildman–Crippen MR) is 111 cm³/mol. The Kier molecular flexibility index (Phi) is 6.03. The van der Waals surface area contributed by atoms with E-state index in [1.54, 1.807) is 25.1 Å². The SMILES string of the molecule is CCOC(=O)C(=O)c1cccc2c1c(CC(N)=O)c(C)n2Cc1cccc(Cl)c1. The van der Waals surface area contributed by atoms with E-state index in [9.17, 15) is 14.4 Å². The van der Waals surface area contributed by atoms with Crippen LogP contribution in [-0.2, 0) is 27.3 Å². The number of fused-ring (bicyclic) bond motifs is 1. The minimum absolute atomic E-state index is 0.0437. The second-order valence-electron chi connectivity index (χ2n) is 6.67. The second kappa shape index (κ2) is 8.49. The molecule has 1 amide bonds. The number of rotatable bonds is 7. The summed E-state index contributed by atoms with van der Waals surface area (Å²) in [6.07, 6.45) is -0.0437. The first-order valence-electron chi connectivity index (χ1n) is 9.18. The van der Waals surface area contributed by atoms with E-state index in [1.165, 1.54) is 0 Å². The number of carbonyl (C=O) groups excluding carboxylic acids is 3. The summed E-state index contributed by atoms with van der Waals surface area (Å²) in [5.74, 6) is -2.19. The van der Waals surface area contributed by atoms with Crippen molar-refractivity contribution in [3.05, 3.63) is 69.9 Å². The van der Waals surface area contributed by atoms with Crippen molar-refractivity contribution in [2.24, 2.45) is 5.73 Å². The molecule has 3 aromatic rings. The van der Waals surface area contributed by atoms with Crippen LogP contribution in [0.25, 0.3) is 10.9 Å². The highest BCUT2D eigenvalue weighted by molar-refractivity contribution is 6.43. The number of benzene rings is 2. The van der Waals surface area contributed by atoms with Gasteiger partial charge in [0.25, 0.3) is 5.78 Å². The molecule has 0 aliphatic carbocycles. The normalized spacial score (nSPS) is 10.9. The van der Waals surface area contributed by atoms with Crippen molar-refractivity contribution in [2.45, 2.75) is 26.8 Å². The Hall–Kier alpha value is -3.12. The molecule has 150 valence electrons. The van der Waals surface area contributed by atoms with Crippen molar-refractivity contribution in [3.8, 4) is 0 Å². The molecule has 0 saturated carbocycles. The van der Waals surface area contributed by atoms with Gasteiger partial charge in [-0.15, -0.1) is 0 Å². The Morgan fingerprint density at radius 2 is 1.86 bits per heavy atom. The van der Waals surface area contributed by atoms with E-state index < -0.39 is 17.7 Å². The predicted octanol–water partition coefficient (Wildman–Crippen LogP) is 3.43. The van der Waals surface area contributed by atoms with Crippen molar-refractivity contribution >= 4 is 40.2 Å². The van der Waals surface area contributed by atoms with E-state index in [2.05, 4.69) is 0 Å². The molecule has 2 N–H and O–H groups in total. The molecule has 0 atom stereocenters. The van der Waals surface area contributed by atoms with Gasteiger partial charge in [-0.2, -0.15) is 0 Å². The van der Waals surface area contributed by atoms with Gasteiger partial charge in [0.2, 0.25) is 5.91 Å². The lowest BCUT2D eigenvalue weighted by atomic mass is 9.99. The fourth-order valence-corrected chi connectivity index (χ4v) is 3.73. The zero-order valence-corrected chi connectivity index (χ0v) is 17.0. The Labute approximate surface area is 173 Å². The molecule has 3 rings (SSSR count). The number of primary amides is 1. The molecule has 6 nitrogen and oxygen atoms in total. The number of esters is 1. The number of Topliss-reactive ketones (excluding diaryl/α,β-unsaturated/α-hetero) is 1. The minimum atomic E-state index is -0.926. The van der Waals surface area contributed by atoms with Crippen molar-refractivity contribution in [1.82, 2.24) is 4.57 Å². The summed E-state index contributed by atoms with van der Waals surface area (Å²) in [5, 5.41) is 1.16. The molecule has 0 spiro atoms. The molecule has 29 heavy (non-hydrogen) atoms. The van der Waals surface area contributed by atoms with Crippen LogP contribution in [0.15, 0.2) is 42.5 Å². The van der Waals surface area contributed by atoms with Crippen LogP contribution in [0.2, 0.25) is 5.02 Å². The van der Waals surface area contributed by atoms with Crippen LogP contribution in [0, 0.1) is 6.92 Å². The summed E-state index contributed by atoms with van der Waals surface area (Å²) in [7, 11) is 0. The highest BCUT2D eigenvalue weighted by Crippen LogP contribution is 2.31. The fraction of sp³-hybridized carbons (Fsp3) is 0.227. The number of aromatic nitrogens is 1. The average Bonchev–Trinajstić information content (AvgIpc) is 2.93. The lowest BCUT2D eigenvalue weighted by Gasteiger charge is -2.10. The van der Waals surface area contributed by atoms with Gasteiger partial charge in [-0.05, 0) is 43.2 Å². The van der Waals surface area contributed by atoms with Gasteiger partial charge in [0.15, 0.2) is 0 Å². The average molecular weight is 413 g/mol. The highest BCUT2D eigenvalue weighted by atomic mass is 35.5. The van der Waals surface area contributed by atoms with Gasteiger partial charge in [-0.1, -0.05) is 35.9 Å². The first-order valence-corrected chi connectivity index (χ1v) is 9.56. The number of ether oxygens (including phenoxy) is 1. The maximum Gasteiger partial charge on any atom is 0.379 e. The zero-order chi connectivity index (χ0) is 21.1. The van der Waals surface area contributed by atoms with Gasteiger partial charge in [-0.25, -0.2) is 4.79 Å². The Morgan fingerprint density at radius 1 is 1.14 bits per heavy atom. The molecule has 1 heterocycles. The van der Waals surface area contributed by atoms with E-state index in [0.29, 0.717) is 22.5 Å². The van der Waals surface area contributed by atoms with Crippen LogP contribution >= 0.6 is 11.6 Å². The first-order chi connectivity index (χ1) is 13.8. The van der Waals surface area contributed by atoms with Crippen LogP contribution < -0.4 is 5.73 Å². The fourth-order valence-electron chi connectivity index (χ4n) is 3.51. The number of halogens is 1. The van der Waals surface area contributed by atoms with Gasteiger partial charge < -0.3 is 15.0 Å². The number of hydrogen-bond acceptors (Lipinski definition) is 4. The van der Waals surface area contributed by atoms with E-state index in [0.717, 1.165) is 16.8 Å². The number of amides is 1. The van der Waals surface area contributed by atoms with Crippen molar-refractivity contribution in [2.75, 3.05) is 6.61 Å². The summed E-state index contributed by atoms with van der Waals surface area (Å²) in [4.78, 5) is 36.5. The molecule has 7 heteroatoms. The Bertz CT molecular complexity index is 1120. The summed E-state index contributed by atoms with van der Waals surface area (Å²) < 4.78 is 6.86. The number of carbonyl (C=O) groups is 3. The number of ketones is 1. The molecular formula is C22H21ClN2O4. The van der Waals surface area contributed by atoms with E-state index in [-0.39, 0.29) is 18.6 Å². The molecule has 1 aromatic heterocycles. The van der Waals surface area contributed by atoms with Crippen LogP contribution in [0.4, 0.5) is 0 Å². The number of hydrogen-bond donors (Lipinski definition) is 1. The van der Waals surface area contributed by atoms with E-state index >= 15 is 0 Å². The summed E-state index contributed by atoms with van der Waals surface area (Å²) in [5.41, 5.74) is 8.77. The topological polar surface area (TPSA) is 91.4 Å². The lowest BCUT2D eigenvalue weighted by molar-refractivity contribution is -0.137. The summed E-state index contributed by atoms with van der Waals surface area (Å²) in [6, 6.07) is 12.6. The molecule has 0 aliphatic rings. The maximum atomic E-state index is 12.7. The highest BCUT2D eigenvalue weighted by Gasteiger charge is 2.25. The van der Waals surface area contributed by atoms with Crippen molar-refractivity contribution < 1.29 is 19.1 Å². The van der Waals surface area contributed by atoms with Crippen LogP contribution in [0.5, 0.6) is 0 Å². The van der Waals surface area contributed by atoms with E-state index in [1.807, 2.05) is 35.8 Å². The monoisotopic (exact) mass is 412 g/mol. The zero-order valence-electron chi connectivity index (χ0n) is 16.2. The molecule has 0 radical (unpaired) electrons. The van der Waals surface area contributed by atoms with Gasteiger partial charge >= 0.3 is 5.97 Å².